The van der Waals surface area contributed by atoms with Gasteiger partial charge in [0.1, 0.15) is 0 Å². The molecule has 1 fully saturated rings. The van der Waals surface area contributed by atoms with E-state index in [1.54, 1.807) is 0 Å². The molecule has 112 valence electrons. The zero-order chi connectivity index (χ0) is 14.8. The van der Waals surface area contributed by atoms with E-state index in [1.807, 2.05) is 6.92 Å². The lowest BCUT2D eigenvalue weighted by Gasteiger charge is -2.32. The van der Waals surface area contributed by atoms with Crippen LogP contribution in [0.2, 0.25) is 0 Å². The Balaban J connectivity index is 1.91. The predicted molar refractivity (Wildman–Crippen MR) is 74.4 cm³/mol. The quantitative estimate of drug-likeness (QED) is 0.894. The van der Waals surface area contributed by atoms with Crippen molar-refractivity contribution in [2.45, 2.75) is 65.2 Å². The van der Waals surface area contributed by atoms with Gasteiger partial charge in [-0.15, -0.1) is 0 Å². The maximum Gasteiger partial charge on any atom is 0.303 e. The highest BCUT2D eigenvalue weighted by Gasteiger charge is 2.30. The van der Waals surface area contributed by atoms with Crippen LogP contribution in [-0.4, -0.2) is 21.2 Å². The van der Waals surface area contributed by atoms with E-state index in [9.17, 15) is 4.79 Å². The van der Waals surface area contributed by atoms with Crippen LogP contribution in [0, 0.1) is 11.3 Å². The van der Waals surface area contributed by atoms with E-state index in [4.69, 9.17) is 9.63 Å². The number of carboxylic acids is 1. The van der Waals surface area contributed by atoms with E-state index in [2.05, 4.69) is 24.0 Å². The second-order valence-electron chi connectivity index (χ2n) is 6.89. The summed E-state index contributed by atoms with van der Waals surface area (Å²) < 4.78 is 5.27. The Morgan fingerprint density at radius 1 is 1.45 bits per heavy atom. The highest BCUT2D eigenvalue weighted by atomic mass is 16.5. The summed E-state index contributed by atoms with van der Waals surface area (Å²) in [5, 5.41) is 12.8. The number of rotatable bonds is 5. The predicted octanol–water partition coefficient (Wildman–Crippen LogP) is 3.41. The van der Waals surface area contributed by atoms with Gasteiger partial charge in [-0.2, -0.15) is 4.98 Å². The molecule has 1 aromatic heterocycles. The van der Waals surface area contributed by atoms with Crippen molar-refractivity contribution in [2.24, 2.45) is 11.3 Å². The zero-order valence-corrected chi connectivity index (χ0v) is 12.6. The van der Waals surface area contributed by atoms with Crippen LogP contribution in [0.3, 0.4) is 0 Å². The van der Waals surface area contributed by atoms with Crippen molar-refractivity contribution in [1.29, 1.82) is 0 Å². The zero-order valence-electron chi connectivity index (χ0n) is 12.6. The third-order valence-corrected chi connectivity index (χ3v) is 4.23. The summed E-state index contributed by atoms with van der Waals surface area (Å²) in [5.41, 5.74) is 0.430. The smallest absolute Gasteiger partial charge is 0.303 e. The largest absolute Gasteiger partial charge is 0.481 e. The lowest BCUT2D eigenvalue weighted by Crippen LogP contribution is -2.20. The molecule has 0 saturated heterocycles. The standard InChI is InChI=1S/C15H24N2O3/c1-10(9-13(18)19)8-12-16-14(17-20-12)11-4-6-15(2,3)7-5-11/h10-11H,4-9H2,1-3H3,(H,18,19). The fraction of sp³-hybridized carbons (Fsp3) is 0.800. The van der Waals surface area contributed by atoms with E-state index in [-0.39, 0.29) is 12.3 Å². The SMILES string of the molecule is CC(CC(=O)O)Cc1nc(C2CCC(C)(C)CC2)no1. The van der Waals surface area contributed by atoms with E-state index >= 15 is 0 Å². The molecule has 0 radical (unpaired) electrons. The van der Waals surface area contributed by atoms with Crippen LogP contribution in [0.1, 0.15) is 70.5 Å². The fourth-order valence-corrected chi connectivity index (χ4v) is 2.84. The minimum absolute atomic E-state index is 0.0195. The van der Waals surface area contributed by atoms with Crippen LogP contribution in [0.15, 0.2) is 4.52 Å². The van der Waals surface area contributed by atoms with Crippen LogP contribution in [0.25, 0.3) is 0 Å². The second kappa shape index (κ2) is 5.94. The summed E-state index contributed by atoms with van der Waals surface area (Å²) in [5.74, 6) is 1.00. The first-order valence-electron chi connectivity index (χ1n) is 7.40. The number of hydrogen-bond acceptors (Lipinski definition) is 4. The van der Waals surface area contributed by atoms with Gasteiger partial charge in [-0.3, -0.25) is 4.79 Å². The van der Waals surface area contributed by atoms with Crippen molar-refractivity contribution in [2.75, 3.05) is 0 Å². The molecule has 0 aromatic carbocycles. The van der Waals surface area contributed by atoms with Gasteiger partial charge < -0.3 is 9.63 Å². The number of carbonyl (C=O) groups is 1. The molecule has 20 heavy (non-hydrogen) atoms. The Morgan fingerprint density at radius 3 is 2.70 bits per heavy atom. The number of aliphatic carboxylic acids is 1. The van der Waals surface area contributed by atoms with Crippen molar-refractivity contribution >= 4 is 5.97 Å². The number of carboxylic acid groups (broad SMARTS) is 1. The normalized spacial score (nSPS) is 20.8. The van der Waals surface area contributed by atoms with Gasteiger partial charge in [-0.1, -0.05) is 25.9 Å². The van der Waals surface area contributed by atoms with Gasteiger partial charge in [0, 0.05) is 18.8 Å². The minimum atomic E-state index is -0.785. The topological polar surface area (TPSA) is 76.2 Å². The van der Waals surface area contributed by atoms with Gasteiger partial charge in [-0.05, 0) is 37.0 Å². The van der Waals surface area contributed by atoms with Crippen molar-refractivity contribution in [3.05, 3.63) is 11.7 Å². The lowest BCUT2D eigenvalue weighted by molar-refractivity contribution is -0.137. The Kier molecular flexibility index (Phi) is 4.45. The second-order valence-corrected chi connectivity index (χ2v) is 6.89. The maximum absolute atomic E-state index is 10.6. The molecule has 1 N–H and O–H groups in total. The molecule has 1 atom stereocenters. The highest BCUT2D eigenvalue weighted by molar-refractivity contribution is 5.66. The van der Waals surface area contributed by atoms with Crippen molar-refractivity contribution in [1.82, 2.24) is 10.1 Å². The monoisotopic (exact) mass is 280 g/mol. The molecular weight excluding hydrogens is 256 g/mol. The molecule has 1 aliphatic carbocycles. The van der Waals surface area contributed by atoms with Crippen LogP contribution in [0.5, 0.6) is 0 Å². The Bertz CT molecular complexity index is 457. The molecule has 1 aromatic rings. The Morgan fingerprint density at radius 2 is 2.10 bits per heavy atom. The molecule has 5 nitrogen and oxygen atoms in total. The molecular formula is C15H24N2O3. The number of hydrogen-bond donors (Lipinski definition) is 1. The van der Waals surface area contributed by atoms with Crippen LogP contribution < -0.4 is 0 Å². The van der Waals surface area contributed by atoms with E-state index in [0.717, 1.165) is 18.7 Å². The van der Waals surface area contributed by atoms with Crippen LogP contribution in [-0.2, 0) is 11.2 Å². The molecule has 0 amide bonds. The van der Waals surface area contributed by atoms with E-state index < -0.39 is 5.97 Å². The molecule has 5 heteroatoms. The van der Waals surface area contributed by atoms with Gasteiger partial charge in [0.05, 0.1) is 0 Å². The molecule has 1 heterocycles. The molecule has 1 aliphatic rings. The average molecular weight is 280 g/mol. The number of aromatic nitrogens is 2. The van der Waals surface area contributed by atoms with Crippen LogP contribution in [0.4, 0.5) is 0 Å². The molecule has 1 unspecified atom stereocenters. The summed E-state index contributed by atoms with van der Waals surface area (Å²) in [6.07, 6.45) is 5.27. The Labute approximate surface area is 119 Å². The van der Waals surface area contributed by atoms with Crippen molar-refractivity contribution in [3.63, 3.8) is 0 Å². The molecule has 0 aliphatic heterocycles. The maximum atomic E-state index is 10.6. The summed E-state index contributed by atoms with van der Waals surface area (Å²) in [6, 6.07) is 0. The molecule has 2 rings (SSSR count). The third-order valence-electron chi connectivity index (χ3n) is 4.23. The van der Waals surface area contributed by atoms with Gasteiger partial charge in [-0.25, -0.2) is 0 Å². The third kappa shape index (κ3) is 4.05. The fourth-order valence-electron chi connectivity index (χ4n) is 2.84. The van der Waals surface area contributed by atoms with Crippen molar-refractivity contribution < 1.29 is 14.4 Å². The first kappa shape index (κ1) is 15.0. The first-order valence-corrected chi connectivity index (χ1v) is 7.40. The lowest BCUT2D eigenvalue weighted by atomic mass is 9.73. The van der Waals surface area contributed by atoms with Gasteiger partial charge >= 0.3 is 5.97 Å². The van der Waals surface area contributed by atoms with Gasteiger partial charge in [0.2, 0.25) is 5.89 Å². The summed E-state index contributed by atoms with van der Waals surface area (Å²) in [6.45, 7) is 6.50. The van der Waals surface area contributed by atoms with E-state index in [1.165, 1.54) is 12.8 Å². The number of nitrogens with zero attached hydrogens (tertiary/aromatic N) is 2. The summed E-state index contributed by atoms with van der Waals surface area (Å²) in [7, 11) is 0. The van der Waals surface area contributed by atoms with Gasteiger partial charge in [0.25, 0.3) is 0 Å². The first-order chi connectivity index (χ1) is 9.35. The molecule has 0 spiro atoms. The molecule has 1 saturated carbocycles. The summed E-state index contributed by atoms with van der Waals surface area (Å²) >= 11 is 0. The Hall–Kier alpha value is -1.39. The van der Waals surface area contributed by atoms with Crippen LogP contribution >= 0.6 is 0 Å². The van der Waals surface area contributed by atoms with E-state index in [0.29, 0.717) is 23.6 Å². The minimum Gasteiger partial charge on any atom is -0.481 e. The summed E-state index contributed by atoms with van der Waals surface area (Å²) in [4.78, 5) is 15.1. The average Bonchev–Trinajstić information content (AvgIpc) is 2.76. The highest BCUT2D eigenvalue weighted by Crippen LogP contribution is 2.41. The van der Waals surface area contributed by atoms with Gasteiger partial charge in [0.15, 0.2) is 5.82 Å². The molecule has 0 bridgehead atoms. The van der Waals surface area contributed by atoms with Crippen molar-refractivity contribution in [3.8, 4) is 0 Å².